The van der Waals surface area contributed by atoms with Crippen molar-refractivity contribution in [2.75, 3.05) is 0 Å². The van der Waals surface area contributed by atoms with Crippen LogP contribution < -0.4 is 11.1 Å². The van der Waals surface area contributed by atoms with Gasteiger partial charge in [-0.15, -0.1) is 0 Å². The fourth-order valence-electron chi connectivity index (χ4n) is 1.86. The summed E-state index contributed by atoms with van der Waals surface area (Å²) in [6.07, 6.45) is 3.35. The van der Waals surface area contributed by atoms with E-state index in [1.807, 2.05) is 13.8 Å². The Balaban J connectivity index is 2.42. The minimum Gasteiger partial charge on any atom is -0.391 e. The third kappa shape index (κ3) is 3.47. The molecule has 1 aliphatic rings. The molecule has 4 nitrogen and oxygen atoms in total. The topological polar surface area (TPSA) is 75.4 Å². The lowest BCUT2D eigenvalue weighted by molar-refractivity contribution is -0.125. The van der Waals surface area contributed by atoms with E-state index in [1.165, 1.54) is 0 Å². The smallest absolute Gasteiger partial charge is 0.237 e. The number of hydrogen-bond acceptors (Lipinski definition) is 3. The maximum Gasteiger partial charge on any atom is 0.237 e. The molecule has 0 aromatic heterocycles. The molecule has 1 amide bonds. The highest BCUT2D eigenvalue weighted by molar-refractivity contribution is 5.82. The van der Waals surface area contributed by atoms with Gasteiger partial charge in [-0.25, -0.2) is 0 Å². The summed E-state index contributed by atoms with van der Waals surface area (Å²) in [6, 6.07) is -0.574. The molecule has 1 rings (SSSR count). The van der Waals surface area contributed by atoms with Crippen LogP contribution in [0.5, 0.6) is 0 Å². The van der Waals surface area contributed by atoms with Crippen molar-refractivity contribution in [3.8, 4) is 0 Å². The van der Waals surface area contributed by atoms with Crippen LogP contribution in [0.1, 0.15) is 39.5 Å². The minimum absolute atomic E-state index is 0.101. The van der Waals surface area contributed by atoms with Gasteiger partial charge in [0.15, 0.2) is 0 Å². The minimum atomic E-state index is -0.473. The average Bonchev–Trinajstić information content (AvgIpc) is 2.20. The number of aliphatic hydroxyl groups is 1. The summed E-state index contributed by atoms with van der Waals surface area (Å²) < 4.78 is 0. The van der Waals surface area contributed by atoms with Gasteiger partial charge in [-0.1, -0.05) is 26.7 Å². The molecule has 0 radical (unpaired) electrons. The molecule has 1 fully saturated rings. The Morgan fingerprint density at radius 2 is 2.00 bits per heavy atom. The Bertz CT molecular complexity index is 219. The maximum atomic E-state index is 11.7. The summed E-state index contributed by atoms with van der Waals surface area (Å²) >= 11 is 0. The molecule has 3 atom stereocenters. The quantitative estimate of drug-likeness (QED) is 0.636. The molecule has 0 bridgehead atoms. The van der Waals surface area contributed by atoms with Crippen LogP contribution in [-0.2, 0) is 4.79 Å². The summed E-state index contributed by atoms with van der Waals surface area (Å²) in [7, 11) is 0. The Morgan fingerprint density at radius 1 is 1.40 bits per heavy atom. The van der Waals surface area contributed by atoms with Gasteiger partial charge in [-0.3, -0.25) is 4.79 Å². The van der Waals surface area contributed by atoms with E-state index in [9.17, 15) is 9.90 Å². The van der Waals surface area contributed by atoms with Crippen molar-refractivity contribution in [2.45, 2.75) is 57.7 Å². The maximum absolute atomic E-state index is 11.7. The first kappa shape index (κ1) is 12.5. The molecule has 88 valence electrons. The Morgan fingerprint density at radius 3 is 2.53 bits per heavy atom. The van der Waals surface area contributed by atoms with Crippen molar-refractivity contribution < 1.29 is 9.90 Å². The Hall–Kier alpha value is -0.610. The largest absolute Gasteiger partial charge is 0.391 e. The highest BCUT2D eigenvalue weighted by Crippen LogP contribution is 2.18. The van der Waals surface area contributed by atoms with Crippen molar-refractivity contribution in [3.63, 3.8) is 0 Å². The van der Waals surface area contributed by atoms with Crippen molar-refractivity contribution in [3.05, 3.63) is 0 Å². The van der Waals surface area contributed by atoms with Crippen LogP contribution in [0.25, 0.3) is 0 Å². The third-order valence-electron chi connectivity index (χ3n) is 3.08. The monoisotopic (exact) mass is 214 g/mol. The summed E-state index contributed by atoms with van der Waals surface area (Å²) in [5.74, 6) is -0.0123. The molecule has 0 heterocycles. The van der Waals surface area contributed by atoms with Gasteiger partial charge in [-0.2, -0.15) is 0 Å². The van der Waals surface area contributed by atoms with E-state index in [-0.39, 0.29) is 17.9 Å². The van der Waals surface area contributed by atoms with Crippen molar-refractivity contribution in [2.24, 2.45) is 11.7 Å². The first-order valence-electron chi connectivity index (χ1n) is 5.76. The van der Waals surface area contributed by atoms with Crippen LogP contribution in [0.4, 0.5) is 0 Å². The van der Waals surface area contributed by atoms with Crippen LogP contribution in [0, 0.1) is 5.92 Å². The van der Waals surface area contributed by atoms with Crippen LogP contribution in [-0.4, -0.2) is 29.2 Å². The summed E-state index contributed by atoms with van der Waals surface area (Å²) in [5, 5.41) is 12.5. The normalized spacial score (nSPS) is 28.9. The molecule has 0 aromatic carbocycles. The predicted octanol–water partition coefficient (Wildman–Crippen LogP) is 0.389. The third-order valence-corrected chi connectivity index (χ3v) is 3.08. The van der Waals surface area contributed by atoms with E-state index >= 15 is 0 Å². The van der Waals surface area contributed by atoms with Crippen molar-refractivity contribution in [1.82, 2.24) is 5.32 Å². The Kier molecular flexibility index (Phi) is 4.54. The van der Waals surface area contributed by atoms with E-state index in [4.69, 9.17) is 5.73 Å². The molecule has 4 N–H and O–H groups in total. The van der Waals surface area contributed by atoms with Crippen LogP contribution in [0.3, 0.4) is 0 Å². The fraction of sp³-hybridized carbons (Fsp3) is 0.909. The molecule has 1 saturated carbocycles. The second-order valence-electron chi connectivity index (χ2n) is 4.74. The lowest BCUT2D eigenvalue weighted by Gasteiger charge is -2.29. The van der Waals surface area contributed by atoms with Gasteiger partial charge in [0.2, 0.25) is 5.91 Å². The highest BCUT2D eigenvalue weighted by Gasteiger charge is 2.27. The second-order valence-corrected chi connectivity index (χ2v) is 4.74. The summed E-state index contributed by atoms with van der Waals surface area (Å²) in [5.41, 5.74) is 5.73. The molecular formula is C11H22N2O2. The molecule has 0 unspecified atom stereocenters. The molecular weight excluding hydrogens is 192 g/mol. The van der Waals surface area contributed by atoms with Crippen LogP contribution in [0.15, 0.2) is 0 Å². The SMILES string of the molecule is CC(C)[C@H](N)C(=O)N[C@@H]1CCCC[C@H]1O. The number of nitrogens with one attached hydrogen (secondary N) is 1. The van der Waals surface area contributed by atoms with Crippen molar-refractivity contribution >= 4 is 5.91 Å². The highest BCUT2D eigenvalue weighted by atomic mass is 16.3. The lowest BCUT2D eigenvalue weighted by atomic mass is 9.92. The van der Waals surface area contributed by atoms with Gasteiger partial charge in [-0.05, 0) is 18.8 Å². The van der Waals surface area contributed by atoms with E-state index in [0.29, 0.717) is 0 Å². The van der Waals surface area contributed by atoms with Gasteiger partial charge >= 0.3 is 0 Å². The van der Waals surface area contributed by atoms with Gasteiger partial charge in [0.25, 0.3) is 0 Å². The molecule has 4 heteroatoms. The molecule has 0 saturated heterocycles. The molecule has 15 heavy (non-hydrogen) atoms. The fourth-order valence-corrected chi connectivity index (χ4v) is 1.86. The molecule has 1 aliphatic carbocycles. The summed E-state index contributed by atoms with van der Waals surface area (Å²) in [6.45, 7) is 3.84. The number of aliphatic hydroxyl groups excluding tert-OH is 1. The van der Waals surface area contributed by atoms with E-state index < -0.39 is 12.1 Å². The number of amides is 1. The summed E-state index contributed by atoms with van der Waals surface area (Å²) in [4.78, 5) is 11.7. The van der Waals surface area contributed by atoms with E-state index in [0.717, 1.165) is 25.7 Å². The number of carbonyl (C=O) groups is 1. The number of rotatable bonds is 3. The van der Waals surface area contributed by atoms with Gasteiger partial charge < -0.3 is 16.2 Å². The lowest BCUT2D eigenvalue weighted by Crippen LogP contribution is -2.52. The molecule has 0 aliphatic heterocycles. The molecule has 0 aromatic rings. The van der Waals surface area contributed by atoms with E-state index in [1.54, 1.807) is 0 Å². The average molecular weight is 214 g/mol. The zero-order chi connectivity index (χ0) is 11.4. The van der Waals surface area contributed by atoms with E-state index in [2.05, 4.69) is 5.32 Å². The van der Waals surface area contributed by atoms with Gasteiger partial charge in [0.05, 0.1) is 18.2 Å². The van der Waals surface area contributed by atoms with Crippen molar-refractivity contribution in [1.29, 1.82) is 0 Å². The zero-order valence-corrected chi connectivity index (χ0v) is 9.57. The van der Waals surface area contributed by atoms with Crippen LogP contribution in [0.2, 0.25) is 0 Å². The number of hydrogen-bond donors (Lipinski definition) is 3. The first-order chi connectivity index (χ1) is 7.02. The number of carbonyl (C=O) groups excluding carboxylic acids is 1. The zero-order valence-electron chi connectivity index (χ0n) is 9.57. The Labute approximate surface area is 91.2 Å². The number of nitrogens with two attached hydrogens (primary N) is 1. The molecule has 0 spiro atoms. The second kappa shape index (κ2) is 5.47. The van der Waals surface area contributed by atoms with Gasteiger partial charge in [0.1, 0.15) is 0 Å². The van der Waals surface area contributed by atoms with Crippen LogP contribution >= 0.6 is 0 Å². The predicted molar refractivity (Wildman–Crippen MR) is 59.2 cm³/mol. The van der Waals surface area contributed by atoms with Gasteiger partial charge in [0, 0.05) is 0 Å². The standard InChI is InChI=1S/C11H22N2O2/c1-7(2)10(12)11(15)13-8-5-3-4-6-9(8)14/h7-10,14H,3-6,12H2,1-2H3,(H,13,15)/t8-,9-,10+/m1/s1. The first-order valence-corrected chi connectivity index (χ1v) is 5.76.